The Labute approximate surface area is 126 Å². The molecule has 1 aromatic carbocycles. The zero-order valence-electron chi connectivity index (χ0n) is 11.6. The first kappa shape index (κ1) is 16.5. The summed E-state index contributed by atoms with van der Waals surface area (Å²) in [7, 11) is 0. The van der Waals surface area contributed by atoms with E-state index in [9.17, 15) is 14.7 Å². The number of rotatable bonds is 5. The van der Waals surface area contributed by atoms with Gasteiger partial charge in [0.2, 0.25) is 0 Å². The molecule has 0 aliphatic heterocycles. The molecule has 0 saturated carbocycles. The highest BCUT2D eigenvalue weighted by Gasteiger charge is 2.16. The second kappa shape index (κ2) is 7.28. The quantitative estimate of drug-likeness (QED) is 0.805. The molecule has 1 aromatic rings. The van der Waals surface area contributed by atoms with Gasteiger partial charge in [0.1, 0.15) is 11.3 Å². The van der Waals surface area contributed by atoms with Crippen molar-refractivity contribution in [1.82, 2.24) is 5.32 Å². The van der Waals surface area contributed by atoms with E-state index in [1.807, 2.05) is 20.8 Å². The van der Waals surface area contributed by atoms with Gasteiger partial charge < -0.3 is 15.2 Å². The molecule has 0 saturated heterocycles. The fourth-order valence-corrected chi connectivity index (χ4v) is 1.70. The minimum atomic E-state index is -0.740. The van der Waals surface area contributed by atoms with E-state index in [0.717, 1.165) is 0 Å². The van der Waals surface area contributed by atoms with E-state index in [1.54, 1.807) is 6.07 Å². The van der Waals surface area contributed by atoms with Crippen molar-refractivity contribution in [1.29, 1.82) is 0 Å². The number of hydrogen-bond donors (Lipinski definition) is 2. The van der Waals surface area contributed by atoms with Gasteiger partial charge in [-0.3, -0.25) is 4.79 Å². The van der Waals surface area contributed by atoms with Gasteiger partial charge in [-0.05, 0) is 31.0 Å². The lowest BCUT2D eigenvalue weighted by atomic mass is 10.1. The molecule has 1 atom stereocenters. The van der Waals surface area contributed by atoms with Crippen molar-refractivity contribution in [3.8, 4) is 5.75 Å². The number of hydrogen-bond acceptors (Lipinski definition) is 4. The van der Waals surface area contributed by atoms with Crippen molar-refractivity contribution < 1.29 is 19.4 Å². The molecule has 1 rings (SSSR count). The first-order valence-corrected chi connectivity index (χ1v) is 7.05. The largest absolute Gasteiger partial charge is 0.507 e. The zero-order chi connectivity index (χ0) is 15.3. The summed E-state index contributed by atoms with van der Waals surface area (Å²) in [5.74, 6) is -0.997. The lowest BCUT2D eigenvalue weighted by Crippen LogP contribution is -2.38. The van der Waals surface area contributed by atoms with Gasteiger partial charge in [-0.2, -0.15) is 0 Å². The molecule has 0 aliphatic rings. The van der Waals surface area contributed by atoms with E-state index >= 15 is 0 Å². The number of ether oxygens (including phenoxy) is 1. The summed E-state index contributed by atoms with van der Waals surface area (Å²) in [6.45, 7) is 5.47. The molecule has 0 heterocycles. The van der Waals surface area contributed by atoms with Gasteiger partial charge in [-0.1, -0.05) is 29.8 Å². The SMILES string of the molecule is CC(C)[C@@H](C)NC(=O)COC(=O)c1cc(Br)ccc1O. The van der Waals surface area contributed by atoms with E-state index in [1.165, 1.54) is 12.1 Å². The monoisotopic (exact) mass is 343 g/mol. The molecule has 0 aromatic heterocycles. The Morgan fingerprint density at radius 1 is 1.35 bits per heavy atom. The summed E-state index contributed by atoms with van der Waals surface area (Å²) < 4.78 is 5.51. The fourth-order valence-electron chi connectivity index (χ4n) is 1.34. The predicted molar refractivity (Wildman–Crippen MR) is 78.5 cm³/mol. The smallest absolute Gasteiger partial charge is 0.342 e. The average molecular weight is 344 g/mol. The standard InChI is InChI=1S/C14H18BrNO4/c1-8(2)9(3)16-13(18)7-20-14(19)11-6-10(15)4-5-12(11)17/h4-6,8-9,17H,7H2,1-3H3,(H,16,18)/t9-/m1/s1. The van der Waals surface area contributed by atoms with Gasteiger partial charge in [0.25, 0.3) is 5.91 Å². The summed E-state index contributed by atoms with van der Waals surface area (Å²) >= 11 is 3.20. The van der Waals surface area contributed by atoms with Gasteiger partial charge in [-0.25, -0.2) is 4.79 Å². The Hall–Kier alpha value is -1.56. The second-order valence-electron chi connectivity index (χ2n) is 4.84. The lowest BCUT2D eigenvalue weighted by Gasteiger charge is -2.17. The van der Waals surface area contributed by atoms with Crippen molar-refractivity contribution in [2.75, 3.05) is 6.61 Å². The Kier molecular flexibility index (Phi) is 6.01. The fraction of sp³-hybridized carbons (Fsp3) is 0.429. The summed E-state index contributed by atoms with van der Waals surface area (Å²) in [6, 6.07) is 4.41. The first-order valence-electron chi connectivity index (χ1n) is 6.26. The predicted octanol–water partition coefficient (Wildman–Crippen LogP) is 2.47. The number of carbonyl (C=O) groups excluding carboxylic acids is 2. The maximum Gasteiger partial charge on any atom is 0.342 e. The van der Waals surface area contributed by atoms with Gasteiger partial charge >= 0.3 is 5.97 Å². The summed E-state index contributed by atoms with van der Waals surface area (Å²) in [5, 5.41) is 12.3. The van der Waals surface area contributed by atoms with Gasteiger partial charge in [0, 0.05) is 10.5 Å². The molecule has 0 aliphatic carbocycles. The third-order valence-corrected chi connectivity index (χ3v) is 3.39. The van der Waals surface area contributed by atoms with Crippen LogP contribution in [0.1, 0.15) is 31.1 Å². The maximum absolute atomic E-state index is 11.8. The minimum Gasteiger partial charge on any atom is -0.507 e. The van der Waals surface area contributed by atoms with Gasteiger partial charge in [0.15, 0.2) is 6.61 Å². The van der Waals surface area contributed by atoms with E-state index in [4.69, 9.17) is 4.74 Å². The van der Waals surface area contributed by atoms with Crippen molar-refractivity contribution in [2.45, 2.75) is 26.8 Å². The summed E-state index contributed by atoms with van der Waals surface area (Å²) in [5.41, 5.74) is 0.0177. The Morgan fingerprint density at radius 2 is 2.00 bits per heavy atom. The number of amides is 1. The highest BCUT2D eigenvalue weighted by molar-refractivity contribution is 9.10. The summed E-state index contributed by atoms with van der Waals surface area (Å²) in [4.78, 5) is 23.3. The summed E-state index contributed by atoms with van der Waals surface area (Å²) in [6.07, 6.45) is 0. The van der Waals surface area contributed by atoms with Crippen molar-refractivity contribution in [3.05, 3.63) is 28.2 Å². The maximum atomic E-state index is 11.8. The molecule has 0 spiro atoms. The Bertz CT molecular complexity index is 502. The third-order valence-electron chi connectivity index (χ3n) is 2.90. The van der Waals surface area contributed by atoms with Gasteiger partial charge in [-0.15, -0.1) is 0 Å². The van der Waals surface area contributed by atoms with Gasteiger partial charge in [0.05, 0.1) is 0 Å². The van der Waals surface area contributed by atoms with Crippen LogP contribution in [0, 0.1) is 5.92 Å². The van der Waals surface area contributed by atoms with E-state index in [2.05, 4.69) is 21.2 Å². The normalized spacial score (nSPS) is 12.1. The molecule has 5 nitrogen and oxygen atoms in total. The van der Waals surface area contributed by atoms with Crippen LogP contribution in [-0.2, 0) is 9.53 Å². The lowest BCUT2D eigenvalue weighted by molar-refractivity contribution is -0.125. The van der Waals surface area contributed by atoms with Crippen LogP contribution in [0.2, 0.25) is 0 Å². The molecular weight excluding hydrogens is 326 g/mol. The number of nitrogens with one attached hydrogen (secondary N) is 1. The van der Waals surface area contributed by atoms with Crippen molar-refractivity contribution in [2.24, 2.45) is 5.92 Å². The molecule has 110 valence electrons. The molecular formula is C14H18BrNO4. The molecule has 20 heavy (non-hydrogen) atoms. The van der Waals surface area contributed by atoms with E-state index in [0.29, 0.717) is 10.4 Å². The third kappa shape index (κ3) is 4.85. The number of aromatic hydroxyl groups is 1. The van der Waals surface area contributed by atoms with E-state index in [-0.39, 0.29) is 29.9 Å². The highest BCUT2D eigenvalue weighted by Crippen LogP contribution is 2.22. The molecule has 6 heteroatoms. The molecule has 0 radical (unpaired) electrons. The highest BCUT2D eigenvalue weighted by atomic mass is 79.9. The Morgan fingerprint density at radius 3 is 2.60 bits per heavy atom. The number of esters is 1. The number of carbonyl (C=O) groups is 2. The second-order valence-corrected chi connectivity index (χ2v) is 5.75. The molecule has 0 fully saturated rings. The number of phenolic OH excluding ortho intramolecular Hbond substituents is 1. The average Bonchev–Trinajstić information content (AvgIpc) is 2.38. The Balaban J connectivity index is 2.55. The number of benzene rings is 1. The number of phenols is 1. The van der Waals surface area contributed by atoms with Crippen LogP contribution in [0.5, 0.6) is 5.75 Å². The van der Waals surface area contributed by atoms with Crippen LogP contribution >= 0.6 is 15.9 Å². The van der Waals surface area contributed by atoms with Crippen molar-refractivity contribution in [3.63, 3.8) is 0 Å². The van der Waals surface area contributed by atoms with Crippen LogP contribution in [0.15, 0.2) is 22.7 Å². The molecule has 0 unspecified atom stereocenters. The number of halogens is 1. The topological polar surface area (TPSA) is 75.6 Å². The van der Waals surface area contributed by atoms with Crippen LogP contribution in [0.4, 0.5) is 0 Å². The zero-order valence-corrected chi connectivity index (χ0v) is 13.2. The molecule has 0 bridgehead atoms. The minimum absolute atomic E-state index is 0.000439. The van der Waals surface area contributed by atoms with Crippen LogP contribution in [0.3, 0.4) is 0 Å². The van der Waals surface area contributed by atoms with Crippen LogP contribution < -0.4 is 5.32 Å². The van der Waals surface area contributed by atoms with Crippen LogP contribution in [0.25, 0.3) is 0 Å². The van der Waals surface area contributed by atoms with Crippen LogP contribution in [-0.4, -0.2) is 29.6 Å². The molecule has 2 N–H and O–H groups in total. The van der Waals surface area contributed by atoms with E-state index < -0.39 is 5.97 Å². The first-order chi connectivity index (χ1) is 9.31. The molecule has 1 amide bonds. The van der Waals surface area contributed by atoms with Crippen molar-refractivity contribution >= 4 is 27.8 Å².